The first kappa shape index (κ1) is 16.2. The third-order valence-electron chi connectivity index (χ3n) is 4.73. The molecule has 1 N–H and O–H groups in total. The van der Waals surface area contributed by atoms with Gasteiger partial charge >= 0.3 is 0 Å². The Morgan fingerprint density at radius 3 is 2.96 bits per heavy atom. The Kier molecular flexibility index (Phi) is 4.85. The molecule has 0 aromatic heterocycles. The van der Waals surface area contributed by atoms with E-state index in [0.29, 0.717) is 49.8 Å². The molecule has 0 bridgehead atoms. The summed E-state index contributed by atoms with van der Waals surface area (Å²) in [6.07, 6.45) is 3.32. The van der Waals surface area contributed by atoms with Crippen molar-refractivity contribution in [2.75, 3.05) is 13.1 Å². The Labute approximate surface area is 140 Å². The van der Waals surface area contributed by atoms with Crippen molar-refractivity contribution in [3.8, 4) is 0 Å². The van der Waals surface area contributed by atoms with Crippen LogP contribution in [-0.2, 0) is 22.6 Å². The van der Waals surface area contributed by atoms with Crippen LogP contribution >= 0.6 is 11.6 Å². The van der Waals surface area contributed by atoms with Gasteiger partial charge in [-0.2, -0.15) is 0 Å². The van der Waals surface area contributed by atoms with E-state index in [9.17, 15) is 14.0 Å². The molecule has 0 aliphatic carbocycles. The SMILES string of the molecule is O=C1CCC(CCC(=O)N2CCc3c(Cl)cc(F)cc3C2)CN1. The lowest BCUT2D eigenvalue weighted by molar-refractivity contribution is -0.132. The molecule has 4 nitrogen and oxygen atoms in total. The zero-order chi connectivity index (χ0) is 16.4. The molecule has 1 unspecified atom stereocenters. The number of rotatable bonds is 3. The molecular weight excluding hydrogens is 319 g/mol. The van der Waals surface area contributed by atoms with Gasteiger partial charge in [0.15, 0.2) is 0 Å². The predicted molar refractivity (Wildman–Crippen MR) is 85.5 cm³/mol. The van der Waals surface area contributed by atoms with E-state index in [1.165, 1.54) is 12.1 Å². The van der Waals surface area contributed by atoms with E-state index in [1.54, 1.807) is 4.90 Å². The first-order chi connectivity index (χ1) is 11.0. The quantitative estimate of drug-likeness (QED) is 0.921. The minimum Gasteiger partial charge on any atom is -0.356 e. The molecule has 1 aromatic carbocycles. The van der Waals surface area contributed by atoms with Crippen LogP contribution in [0.2, 0.25) is 5.02 Å². The number of nitrogens with one attached hydrogen (secondary N) is 1. The first-order valence-electron chi connectivity index (χ1n) is 8.04. The van der Waals surface area contributed by atoms with Crippen LogP contribution in [0.15, 0.2) is 12.1 Å². The van der Waals surface area contributed by atoms with E-state index in [4.69, 9.17) is 11.6 Å². The summed E-state index contributed by atoms with van der Waals surface area (Å²) in [6, 6.07) is 2.80. The van der Waals surface area contributed by atoms with E-state index in [1.807, 2.05) is 0 Å². The monoisotopic (exact) mass is 338 g/mol. The van der Waals surface area contributed by atoms with Crippen LogP contribution in [0.25, 0.3) is 0 Å². The van der Waals surface area contributed by atoms with Crippen molar-refractivity contribution in [3.63, 3.8) is 0 Å². The number of carbonyl (C=O) groups excluding carboxylic acids is 2. The second-order valence-electron chi connectivity index (χ2n) is 6.34. The molecule has 2 amide bonds. The van der Waals surface area contributed by atoms with Crippen LogP contribution in [0, 0.1) is 11.7 Å². The van der Waals surface area contributed by atoms with Crippen molar-refractivity contribution >= 4 is 23.4 Å². The van der Waals surface area contributed by atoms with Crippen LogP contribution in [-0.4, -0.2) is 29.8 Å². The second-order valence-corrected chi connectivity index (χ2v) is 6.75. The summed E-state index contributed by atoms with van der Waals surface area (Å²) in [5.41, 5.74) is 1.76. The van der Waals surface area contributed by atoms with Gasteiger partial charge in [-0.25, -0.2) is 4.39 Å². The van der Waals surface area contributed by atoms with Gasteiger partial charge in [-0.05, 0) is 48.4 Å². The molecule has 3 rings (SSSR count). The van der Waals surface area contributed by atoms with Crippen LogP contribution in [0.4, 0.5) is 4.39 Å². The van der Waals surface area contributed by atoms with Crippen LogP contribution < -0.4 is 5.32 Å². The highest BCUT2D eigenvalue weighted by Gasteiger charge is 2.24. The van der Waals surface area contributed by atoms with Gasteiger partial charge < -0.3 is 10.2 Å². The van der Waals surface area contributed by atoms with E-state index in [-0.39, 0.29) is 17.6 Å². The van der Waals surface area contributed by atoms with Crippen LogP contribution in [0.5, 0.6) is 0 Å². The van der Waals surface area contributed by atoms with Crippen LogP contribution in [0.3, 0.4) is 0 Å². The number of carbonyl (C=O) groups is 2. The Balaban J connectivity index is 1.55. The number of nitrogens with zero attached hydrogens (tertiary/aromatic N) is 1. The summed E-state index contributed by atoms with van der Waals surface area (Å²) in [6.45, 7) is 1.71. The number of halogens is 2. The largest absolute Gasteiger partial charge is 0.356 e. The Hall–Kier alpha value is -1.62. The van der Waals surface area contributed by atoms with Crippen molar-refractivity contribution in [2.24, 2.45) is 5.92 Å². The maximum atomic E-state index is 13.5. The minimum atomic E-state index is -0.360. The molecule has 2 aliphatic heterocycles. The second kappa shape index (κ2) is 6.87. The van der Waals surface area contributed by atoms with E-state index in [2.05, 4.69) is 5.32 Å². The number of amides is 2. The lowest BCUT2D eigenvalue weighted by Gasteiger charge is -2.30. The third kappa shape index (κ3) is 3.83. The molecule has 1 atom stereocenters. The normalized spacial score (nSPS) is 20.9. The Morgan fingerprint density at radius 1 is 1.39 bits per heavy atom. The highest BCUT2D eigenvalue weighted by Crippen LogP contribution is 2.28. The molecule has 0 saturated carbocycles. The van der Waals surface area contributed by atoms with E-state index < -0.39 is 0 Å². The van der Waals surface area contributed by atoms with Gasteiger partial charge in [0.1, 0.15) is 5.82 Å². The van der Waals surface area contributed by atoms with Crippen LogP contribution in [0.1, 0.15) is 36.8 Å². The number of hydrogen-bond acceptors (Lipinski definition) is 2. The molecule has 1 aromatic rings. The van der Waals surface area contributed by atoms with Crippen molar-refractivity contribution in [1.29, 1.82) is 0 Å². The summed E-state index contributed by atoms with van der Waals surface area (Å²) in [5, 5.41) is 3.29. The maximum absolute atomic E-state index is 13.5. The summed E-state index contributed by atoms with van der Waals surface area (Å²) >= 11 is 6.07. The predicted octanol–water partition coefficient (Wildman–Crippen LogP) is 2.67. The molecule has 2 heterocycles. The van der Waals surface area contributed by atoms with Crippen molar-refractivity contribution in [2.45, 2.75) is 38.6 Å². The summed E-state index contributed by atoms with van der Waals surface area (Å²) in [5.74, 6) is 0.202. The molecule has 6 heteroatoms. The molecule has 1 saturated heterocycles. The summed E-state index contributed by atoms with van der Waals surface area (Å²) < 4.78 is 13.5. The van der Waals surface area contributed by atoms with E-state index in [0.717, 1.165) is 24.0 Å². The van der Waals surface area contributed by atoms with Gasteiger partial charge in [0.2, 0.25) is 11.8 Å². The van der Waals surface area contributed by atoms with Gasteiger partial charge in [0, 0.05) is 37.5 Å². The molecule has 1 fully saturated rings. The zero-order valence-electron chi connectivity index (χ0n) is 12.9. The average Bonchev–Trinajstić information content (AvgIpc) is 2.53. The van der Waals surface area contributed by atoms with Crippen molar-refractivity contribution < 1.29 is 14.0 Å². The lowest BCUT2D eigenvalue weighted by Crippen LogP contribution is -2.38. The zero-order valence-corrected chi connectivity index (χ0v) is 13.7. The highest BCUT2D eigenvalue weighted by molar-refractivity contribution is 6.31. The average molecular weight is 339 g/mol. The fraction of sp³-hybridized carbons (Fsp3) is 0.529. The molecule has 0 radical (unpaired) electrons. The van der Waals surface area contributed by atoms with Gasteiger partial charge in [0.25, 0.3) is 0 Å². The summed E-state index contributed by atoms with van der Waals surface area (Å²) in [7, 11) is 0. The summed E-state index contributed by atoms with van der Waals surface area (Å²) in [4.78, 5) is 25.3. The Bertz CT molecular complexity index is 625. The third-order valence-corrected chi connectivity index (χ3v) is 5.07. The Morgan fingerprint density at radius 2 is 2.22 bits per heavy atom. The fourth-order valence-corrected chi connectivity index (χ4v) is 3.66. The number of hydrogen-bond donors (Lipinski definition) is 1. The first-order valence-corrected chi connectivity index (χ1v) is 8.42. The van der Waals surface area contributed by atoms with Gasteiger partial charge in [-0.3, -0.25) is 9.59 Å². The standard InChI is InChI=1S/C17H20ClFN2O2/c18-15-8-13(19)7-12-10-21(6-5-14(12)15)17(23)4-2-11-1-3-16(22)20-9-11/h7-8,11H,1-6,9-10H2,(H,20,22). The molecule has 23 heavy (non-hydrogen) atoms. The fourth-order valence-electron chi connectivity index (χ4n) is 3.34. The molecular formula is C17H20ClFN2O2. The number of fused-ring (bicyclic) bond motifs is 1. The highest BCUT2D eigenvalue weighted by atomic mass is 35.5. The van der Waals surface area contributed by atoms with E-state index >= 15 is 0 Å². The molecule has 2 aliphatic rings. The van der Waals surface area contributed by atoms with Gasteiger partial charge in [0.05, 0.1) is 0 Å². The molecule has 0 spiro atoms. The van der Waals surface area contributed by atoms with Gasteiger partial charge in [-0.15, -0.1) is 0 Å². The topological polar surface area (TPSA) is 49.4 Å². The number of benzene rings is 1. The maximum Gasteiger partial charge on any atom is 0.222 e. The number of piperidine rings is 1. The molecule has 124 valence electrons. The smallest absolute Gasteiger partial charge is 0.222 e. The van der Waals surface area contributed by atoms with Gasteiger partial charge in [-0.1, -0.05) is 11.6 Å². The minimum absolute atomic E-state index is 0.0907. The van der Waals surface area contributed by atoms with Crippen molar-refractivity contribution in [3.05, 3.63) is 34.1 Å². The van der Waals surface area contributed by atoms with Crippen molar-refractivity contribution in [1.82, 2.24) is 10.2 Å². The lowest BCUT2D eigenvalue weighted by atomic mass is 9.93.